The van der Waals surface area contributed by atoms with Crippen molar-refractivity contribution in [2.45, 2.75) is 13.8 Å². The first kappa shape index (κ1) is 16.5. The average molecular weight is 311 g/mol. The van der Waals surface area contributed by atoms with Crippen LogP contribution in [0.1, 0.15) is 18.1 Å². The van der Waals surface area contributed by atoms with Crippen LogP contribution in [0.15, 0.2) is 53.6 Å². The van der Waals surface area contributed by atoms with E-state index in [9.17, 15) is 4.79 Å². The molecule has 0 aliphatic carbocycles. The highest BCUT2D eigenvalue weighted by Gasteiger charge is 1.99. The molecule has 0 atom stereocenters. The lowest BCUT2D eigenvalue weighted by Crippen LogP contribution is -2.25. The molecule has 0 saturated heterocycles. The van der Waals surface area contributed by atoms with E-state index < -0.39 is 0 Å². The summed E-state index contributed by atoms with van der Waals surface area (Å²) in [6.07, 6.45) is 1.60. The molecule has 1 amide bonds. The number of benzene rings is 2. The number of nitrogens with zero attached hydrogens (tertiary/aromatic N) is 1. The Balaban J connectivity index is 1.75. The third-order valence-corrected chi connectivity index (χ3v) is 3.10. The Morgan fingerprint density at radius 1 is 1.13 bits per heavy atom. The van der Waals surface area contributed by atoms with Crippen molar-refractivity contribution >= 4 is 17.8 Å². The highest BCUT2D eigenvalue weighted by Crippen LogP contribution is 2.10. The van der Waals surface area contributed by atoms with Crippen LogP contribution in [0, 0.1) is 6.92 Å². The SMILES string of the molecule is CCOc1ccc(C=NNC(=O)CNc2ccc(C)cc2)cc1. The maximum absolute atomic E-state index is 11.7. The molecule has 2 N–H and O–H groups in total. The van der Waals surface area contributed by atoms with Gasteiger partial charge in [-0.3, -0.25) is 4.79 Å². The van der Waals surface area contributed by atoms with Crippen molar-refractivity contribution in [3.05, 3.63) is 59.7 Å². The van der Waals surface area contributed by atoms with Gasteiger partial charge in [0.15, 0.2) is 0 Å². The lowest BCUT2D eigenvalue weighted by molar-refractivity contribution is -0.119. The minimum Gasteiger partial charge on any atom is -0.494 e. The molecule has 0 radical (unpaired) electrons. The smallest absolute Gasteiger partial charge is 0.259 e. The van der Waals surface area contributed by atoms with Gasteiger partial charge in [-0.2, -0.15) is 5.10 Å². The van der Waals surface area contributed by atoms with E-state index in [2.05, 4.69) is 15.8 Å². The number of anilines is 1. The Labute approximate surface area is 136 Å². The van der Waals surface area contributed by atoms with Gasteiger partial charge in [0.05, 0.1) is 19.4 Å². The van der Waals surface area contributed by atoms with Crippen molar-refractivity contribution in [1.29, 1.82) is 0 Å². The van der Waals surface area contributed by atoms with Crippen LogP contribution in [-0.4, -0.2) is 25.3 Å². The molecule has 2 rings (SSSR count). The van der Waals surface area contributed by atoms with E-state index in [-0.39, 0.29) is 12.5 Å². The summed E-state index contributed by atoms with van der Waals surface area (Å²) >= 11 is 0. The highest BCUT2D eigenvalue weighted by molar-refractivity contribution is 5.84. The molecule has 0 aromatic heterocycles. The molecular formula is C18H21N3O2. The Kier molecular flexibility index (Phi) is 6.17. The van der Waals surface area contributed by atoms with Gasteiger partial charge in [0.25, 0.3) is 5.91 Å². The van der Waals surface area contributed by atoms with Gasteiger partial charge in [-0.1, -0.05) is 17.7 Å². The van der Waals surface area contributed by atoms with Crippen molar-refractivity contribution in [3.8, 4) is 5.75 Å². The molecule has 0 unspecified atom stereocenters. The molecule has 23 heavy (non-hydrogen) atoms. The van der Waals surface area contributed by atoms with E-state index in [0.717, 1.165) is 17.0 Å². The Hall–Kier alpha value is -2.82. The molecule has 2 aromatic carbocycles. The molecule has 0 spiro atoms. The summed E-state index contributed by atoms with van der Waals surface area (Å²) in [6.45, 7) is 4.77. The molecule has 0 heterocycles. The molecule has 5 nitrogen and oxygen atoms in total. The minimum absolute atomic E-state index is 0.170. The number of carbonyl (C=O) groups is 1. The summed E-state index contributed by atoms with van der Waals surface area (Å²) in [6, 6.07) is 15.3. The number of hydrogen-bond acceptors (Lipinski definition) is 4. The van der Waals surface area contributed by atoms with Crippen molar-refractivity contribution < 1.29 is 9.53 Å². The number of ether oxygens (including phenoxy) is 1. The average Bonchev–Trinajstić information content (AvgIpc) is 2.56. The molecule has 0 aliphatic rings. The number of carbonyl (C=O) groups excluding carboxylic acids is 1. The second kappa shape index (κ2) is 8.58. The first-order chi connectivity index (χ1) is 11.2. The van der Waals surface area contributed by atoms with E-state index in [4.69, 9.17) is 4.74 Å². The van der Waals surface area contributed by atoms with Crippen LogP contribution >= 0.6 is 0 Å². The van der Waals surface area contributed by atoms with Crippen LogP contribution < -0.4 is 15.5 Å². The summed E-state index contributed by atoms with van der Waals surface area (Å²) < 4.78 is 5.36. The maximum atomic E-state index is 11.7. The molecule has 0 saturated carbocycles. The Bertz CT molecular complexity index is 649. The van der Waals surface area contributed by atoms with Crippen LogP contribution in [-0.2, 0) is 4.79 Å². The van der Waals surface area contributed by atoms with Gasteiger partial charge < -0.3 is 10.1 Å². The third-order valence-electron chi connectivity index (χ3n) is 3.10. The first-order valence-electron chi connectivity index (χ1n) is 7.52. The zero-order valence-corrected chi connectivity index (χ0v) is 13.4. The summed E-state index contributed by atoms with van der Waals surface area (Å²) in [5.74, 6) is 0.615. The topological polar surface area (TPSA) is 62.7 Å². The first-order valence-corrected chi connectivity index (χ1v) is 7.52. The van der Waals surface area contributed by atoms with Crippen LogP contribution in [0.3, 0.4) is 0 Å². The fourth-order valence-corrected chi connectivity index (χ4v) is 1.89. The predicted octanol–water partition coefficient (Wildman–Crippen LogP) is 2.96. The van der Waals surface area contributed by atoms with Crippen molar-refractivity contribution in [2.75, 3.05) is 18.5 Å². The molecule has 2 aromatic rings. The normalized spacial score (nSPS) is 10.5. The zero-order chi connectivity index (χ0) is 16.5. The Morgan fingerprint density at radius 3 is 2.48 bits per heavy atom. The fourth-order valence-electron chi connectivity index (χ4n) is 1.89. The number of amides is 1. The largest absolute Gasteiger partial charge is 0.494 e. The van der Waals surface area contributed by atoms with E-state index in [1.165, 1.54) is 5.56 Å². The summed E-state index contributed by atoms with van der Waals surface area (Å²) in [4.78, 5) is 11.7. The molecular weight excluding hydrogens is 290 g/mol. The lowest BCUT2D eigenvalue weighted by atomic mass is 10.2. The van der Waals surface area contributed by atoms with Gasteiger partial charge in [0.1, 0.15) is 5.75 Å². The van der Waals surface area contributed by atoms with Gasteiger partial charge >= 0.3 is 0 Å². The van der Waals surface area contributed by atoms with Gasteiger partial charge in [0.2, 0.25) is 0 Å². The lowest BCUT2D eigenvalue weighted by Gasteiger charge is -2.05. The Morgan fingerprint density at radius 2 is 1.83 bits per heavy atom. The van der Waals surface area contributed by atoms with Crippen LogP contribution in [0.2, 0.25) is 0 Å². The summed E-state index contributed by atoms with van der Waals surface area (Å²) in [5, 5.41) is 6.98. The van der Waals surface area contributed by atoms with Crippen LogP contribution in [0.25, 0.3) is 0 Å². The van der Waals surface area contributed by atoms with E-state index in [0.29, 0.717) is 6.61 Å². The predicted molar refractivity (Wildman–Crippen MR) is 93.0 cm³/mol. The monoisotopic (exact) mass is 311 g/mol. The number of nitrogens with one attached hydrogen (secondary N) is 2. The van der Waals surface area contributed by atoms with Gasteiger partial charge in [-0.05, 0) is 55.8 Å². The van der Waals surface area contributed by atoms with Gasteiger partial charge in [0, 0.05) is 5.69 Å². The highest BCUT2D eigenvalue weighted by atomic mass is 16.5. The van der Waals surface area contributed by atoms with E-state index >= 15 is 0 Å². The van der Waals surface area contributed by atoms with Crippen molar-refractivity contribution in [1.82, 2.24) is 5.43 Å². The zero-order valence-electron chi connectivity index (χ0n) is 13.4. The molecule has 5 heteroatoms. The molecule has 0 aliphatic heterocycles. The third kappa shape index (κ3) is 5.82. The van der Waals surface area contributed by atoms with Gasteiger partial charge in [-0.15, -0.1) is 0 Å². The second-order valence-corrected chi connectivity index (χ2v) is 5.01. The van der Waals surface area contributed by atoms with Crippen LogP contribution in [0.4, 0.5) is 5.69 Å². The number of hydrogen-bond donors (Lipinski definition) is 2. The van der Waals surface area contributed by atoms with E-state index in [1.807, 2.05) is 62.4 Å². The summed E-state index contributed by atoms with van der Waals surface area (Å²) in [5.41, 5.74) is 5.46. The second-order valence-electron chi connectivity index (χ2n) is 5.01. The molecule has 0 bridgehead atoms. The fraction of sp³-hybridized carbons (Fsp3) is 0.222. The minimum atomic E-state index is -0.201. The van der Waals surface area contributed by atoms with Crippen molar-refractivity contribution in [2.24, 2.45) is 5.10 Å². The number of hydrazone groups is 1. The number of aryl methyl sites for hydroxylation is 1. The number of rotatable bonds is 7. The van der Waals surface area contributed by atoms with Crippen LogP contribution in [0.5, 0.6) is 5.75 Å². The van der Waals surface area contributed by atoms with Gasteiger partial charge in [-0.25, -0.2) is 5.43 Å². The molecule has 120 valence electrons. The molecule has 0 fully saturated rings. The van der Waals surface area contributed by atoms with E-state index in [1.54, 1.807) is 6.21 Å². The maximum Gasteiger partial charge on any atom is 0.259 e. The summed E-state index contributed by atoms with van der Waals surface area (Å²) in [7, 11) is 0. The standard InChI is InChI=1S/C18H21N3O2/c1-3-23-17-10-6-15(7-11-17)12-20-21-18(22)13-19-16-8-4-14(2)5-9-16/h4-12,19H,3,13H2,1-2H3,(H,21,22). The van der Waals surface area contributed by atoms with Crippen molar-refractivity contribution in [3.63, 3.8) is 0 Å². The quantitative estimate of drug-likeness (QED) is 0.610.